The summed E-state index contributed by atoms with van der Waals surface area (Å²) in [7, 11) is -3.11. The van der Waals surface area contributed by atoms with E-state index in [2.05, 4.69) is 0 Å². The number of amides is 1. The Morgan fingerprint density at radius 2 is 2.04 bits per heavy atom. The Balaban J connectivity index is 1.58. The number of benzene rings is 1. The molecule has 2 aliphatic heterocycles. The average Bonchev–Trinajstić information content (AvgIpc) is 3.27. The lowest BCUT2D eigenvalue weighted by Crippen LogP contribution is -2.39. The van der Waals surface area contributed by atoms with Crippen molar-refractivity contribution in [2.45, 2.75) is 12.5 Å². The molecule has 1 aromatic heterocycles. The Kier molecular flexibility index (Phi) is 5.35. The van der Waals surface area contributed by atoms with E-state index in [1.54, 1.807) is 36.4 Å². The number of sulfone groups is 1. The molecule has 0 unspecified atom stereocenters. The van der Waals surface area contributed by atoms with E-state index in [1.165, 1.54) is 4.90 Å². The Morgan fingerprint density at radius 3 is 2.71 bits per heavy atom. The topological polar surface area (TPSA) is 67.6 Å². The van der Waals surface area contributed by atoms with E-state index in [1.807, 2.05) is 0 Å². The van der Waals surface area contributed by atoms with Gasteiger partial charge < -0.3 is 4.42 Å². The fourth-order valence-corrected chi connectivity index (χ4v) is 6.75. The SMILES string of the molecule is O=C1/C(=C/c2ccc(-c3ccc(Cl)cc3Cl)o2)SC(=S)N1[C@H]1CCS(=O)(=O)C1. The van der Waals surface area contributed by atoms with Crippen LogP contribution in [0.3, 0.4) is 0 Å². The summed E-state index contributed by atoms with van der Waals surface area (Å²) in [4.78, 5) is 14.6. The van der Waals surface area contributed by atoms with Crippen LogP contribution >= 0.6 is 47.2 Å². The van der Waals surface area contributed by atoms with Gasteiger partial charge in [-0.3, -0.25) is 9.69 Å². The number of thioether (sulfide) groups is 1. The van der Waals surface area contributed by atoms with E-state index in [0.29, 0.717) is 42.8 Å². The molecule has 1 aromatic carbocycles. The summed E-state index contributed by atoms with van der Waals surface area (Å²) >= 11 is 18.6. The van der Waals surface area contributed by atoms with Gasteiger partial charge in [0.15, 0.2) is 9.84 Å². The minimum atomic E-state index is -3.11. The Hall–Kier alpha value is -1.32. The third-order valence-electron chi connectivity index (χ3n) is 4.49. The van der Waals surface area contributed by atoms with Crippen LogP contribution in [0.1, 0.15) is 12.2 Å². The van der Waals surface area contributed by atoms with Crippen molar-refractivity contribution in [2.75, 3.05) is 11.5 Å². The van der Waals surface area contributed by atoms with Crippen LogP contribution in [0.15, 0.2) is 39.7 Å². The Bertz CT molecular complexity index is 1120. The van der Waals surface area contributed by atoms with Gasteiger partial charge in [-0.05, 0) is 36.8 Å². The van der Waals surface area contributed by atoms with Gasteiger partial charge in [-0.15, -0.1) is 0 Å². The minimum absolute atomic E-state index is 0.0489. The normalized spacial score (nSPS) is 23.1. The molecule has 2 aliphatic rings. The van der Waals surface area contributed by atoms with Crippen molar-refractivity contribution in [3.8, 4) is 11.3 Å². The second-order valence-corrected chi connectivity index (χ2v) is 11.2. The lowest BCUT2D eigenvalue weighted by atomic mass is 10.2. The van der Waals surface area contributed by atoms with E-state index in [4.69, 9.17) is 39.8 Å². The van der Waals surface area contributed by atoms with Crippen LogP contribution in [0.2, 0.25) is 10.0 Å². The fraction of sp³-hybridized carbons (Fsp3) is 0.222. The van der Waals surface area contributed by atoms with Crippen molar-refractivity contribution in [3.05, 3.63) is 51.0 Å². The Morgan fingerprint density at radius 1 is 1.25 bits per heavy atom. The summed E-state index contributed by atoms with van der Waals surface area (Å²) in [5, 5.41) is 0.986. The number of carbonyl (C=O) groups excluding carboxylic acids is 1. The Labute approximate surface area is 181 Å². The van der Waals surface area contributed by atoms with E-state index >= 15 is 0 Å². The van der Waals surface area contributed by atoms with E-state index in [9.17, 15) is 13.2 Å². The second-order valence-electron chi connectivity index (χ2n) is 6.43. The summed E-state index contributed by atoms with van der Waals surface area (Å²) in [6.07, 6.45) is 2.01. The number of halogens is 2. The van der Waals surface area contributed by atoms with Crippen LogP contribution in [-0.4, -0.2) is 41.1 Å². The molecule has 0 spiro atoms. The maximum absolute atomic E-state index is 12.8. The highest BCUT2D eigenvalue weighted by atomic mass is 35.5. The predicted molar refractivity (Wildman–Crippen MR) is 116 cm³/mol. The molecule has 2 fully saturated rings. The van der Waals surface area contributed by atoms with Crippen LogP contribution in [0.5, 0.6) is 0 Å². The largest absolute Gasteiger partial charge is 0.457 e. The maximum Gasteiger partial charge on any atom is 0.266 e. The quantitative estimate of drug-likeness (QED) is 0.477. The van der Waals surface area contributed by atoms with Gasteiger partial charge in [-0.25, -0.2) is 8.42 Å². The first-order valence-corrected chi connectivity index (χ1v) is 12.1. The predicted octanol–water partition coefficient (Wildman–Crippen LogP) is 4.64. The molecule has 0 saturated carbocycles. The molecule has 3 heterocycles. The zero-order chi connectivity index (χ0) is 20.1. The molecule has 1 atom stereocenters. The molecule has 0 aliphatic carbocycles. The van der Waals surface area contributed by atoms with Crippen molar-refractivity contribution < 1.29 is 17.6 Å². The van der Waals surface area contributed by atoms with Crippen molar-refractivity contribution in [1.82, 2.24) is 4.90 Å². The average molecular weight is 474 g/mol. The highest BCUT2D eigenvalue weighted by molar-refractivity contribution is 8.26. The number of furan rings is 1. The van der Waals surface area contributed by atoms with Gasteiger partial charge in [0.05, 0.1) is 27.5 Å². The van der Waals surface area contributed by atoms with Gasteiger partial charge in [0, 0.05) is 16.7 Å². The van der Waals surface area contributed by atoms with Crippen LogP contribution < -0.4 is 0 Å². The van der Waals surface area contributed by atoms with Crippen molar-refractivity contribution in [3.63, 3.8) is 0 Å². The van der Waals surface area contributed by atoms with Gasteiger partial charge in [-0.2, -0.15) is 0 Å². The molecule has 5 nitrogen and oxygen atoms in total. The fourth-order valence-electron chi connectivity index (χ4n) is 3.17. The monoisotopic (exact) mass is 473 g/mol. The summed E-state index contributed by atoms with van der Waals surface area (Å²) < 4.78 is 29.6. The second kappa shape index (κ2) is 7.50. The van der Waals surface area contributed by atoms with Crippen LogP contribution in [0.4, 0.5) is 0 Å². The smallest absolute Gasteiger partial charge is 0.266 e. The van der Waals surface area contributed by atoms with Crippen molar-refractivity contribution in [2.24, 2.45) is 0 Å². The first kappa shape index (κ1) is 20.0. The molecular formula is C18H13Cl2NO4S3. The molecule has 0 bridgehead atoms. The standard InChI is InChI=1S/C18H13Cl2NO4S3/c19-10-1-3-13(14(20)7-10)15-4-2-12(25-15)8-16-17(22)21(18(26)27-16)11-5-6-28(23,24)9-11/h1-4,7-8,11H,5-6,9H2/b16-8-/t11-/m0/s1. The maximum atomic E-state index is 12.8. The number of thiocarbonyl (C=S) groups is 1. The van der Waals surface area contributed by atoms with Gasteiger partial charge >= 0.3 is 0 Å². The zero-order valence-electron chi connectivity index (χ0n) is 14.2. The lowest BCUT2D eigenvalue weighted by Gasteiger charge is -2.20. The minimum Gasteiger partial charge on any atom is -0.457 e. The molecular weight excluding hydrogens is 461 g/mol. The summed E-state index contributed by atoms with van der Waals surface area (Å²) in [5.41, 5.74) is 0.689. The first-order chi connectivity index (χ1) is 13.2. The highest BCUT2D eigenvalue weighted by Gasteiger charge is 2.42. The molecule has 4 rings (SSSR count). The van der Waals surface area contributed by atoms with Gasteiger partial charge in [-0.1, -0.05) is 47.2 Å². The molecule has 0 N–H and O–H groups in total. The van der Waals surface area contributed by atoms with Crippen LogP contribution in [-0.2, 0) is 14.6 Å². The van der Waals surface area contributed by atoms with E-state index in [0.717, 1.165) is 11.8 Å². The number of hydrogen-bond acceptors (Lipinski definition) is 6. The number of carbonyl (C=O) groups is 1. The van der Waals surface area contributed by atoms with Crippen molar-refractivity contribution >= 4 is 73.3 Å². The zero-order valence-corrected chi connectivity index (χ0v) is 18.2. The van der Waals surface area contributed by atoms with Gasteiger partial charge in [0.25, 0.3) is 5.91 Å². The number of nitrogens with zero attached hydrogens (tertiary/aromatic N) is 1. The summed E-state index contributed by atoms with van der Waals surface area (Å²) in [6, 6.07) is 8.18. The van der Waals surface area contributed by atoms with Crippen molar-refractivity contribution in [1.29, 1.82) is 0 Å². The molecule has 28 heavy (non-hydrogen) atoms. The van der Waals surface area contributed by atoms with Crippen LogP contribution in [0, 0.1) is 0 Å². The third-order valence-corrected chi connectivity index (χ3v) is 8.12. The number of hydrogen-bond donors (Lipinski definition) is 0. The molecule has 1 amide bonds. The highest BCUT2D eigenvalue weighted by Crippen LogP contribution is 2.37. The molecule has 0 radical (unpaired) electrons. The molecule has 146 valence electrons. The number of rotatable bonds is 3. The third kappa shape index (κ3) is 3.89. The summed E-state index contributed by atoms with van der Waals surface area (Å²) in [5.74, 6) is 0.759. The first-order valence-electron chi connectivity index (χ1n) is 8.26. The van der Waals surface area contributed by atoms with Gasteiger partial charge in [0.2, 0.25) is 0 Å². The lowest BCUT2D eigenvalue weighted by molar-refractivity contribution is -0.123. The van der Waals surface area contributed by atoms with E-state index in [-0.39, 0.29) is 17.4 Å². The van der Waals surface area contributed by atoms with Crippen LogP contribution in [0.25, 0.3) is 17.4 Å². The molecule has 10 heteroatoms. The summed E-state index contributed by atoms with van der Waals surface area (Å²) in [6.45, 7) is 0. The van der Waals surface area contributed by atoms with E-state index < -0.39 is 15.9 Å². The van der Waals surface area contributed by atoms with Gasteiger partial charge in [0.1, 0.15) is 15.8 Å². The molecule has 2 saturated heterocycles. The molecule has 2 aromatic rings.